The van der Waals surface area contributed by atoms with E-state index in [4.69, 9.17) is 9.47 Å². The number of hydrogen-bond acceptors (Lipinski definition) is 7. The molecule has 2 heterocycles. The molecular formula is C24H32N2O7S. The predicted octanol–water partition coefficient (Wildman–Crippen LogP) is 2.33. The molecule has 0 N–H and O–H groups in total. The van der Waals surface area contributed by atoms with Gasteiger partial charge in [0.2, 0.25) is 21.8 Å². The molecule has 4 rings (SSSR count). The Balaban J connectivity index is 1.53. The lowest BCUT2D eigenvalue weighted by Gasteiger charge is -2.30. The summed E-state index contributed by atoms with van der Waals surface area (Å²) in [4.78, 5) is 39.0. The fourth-order valence-electron chi connectivity index (χ4n) is 5.32. The average Bonchev–Trinajstić information content (AvgIpc) is 3.09. The molecule has 0 aromatic heterocycles. The van der Waals surface area contributed by atoms with Crippen molar-refractivity contribution in [2.75, 3.05) is 26.8 Å². The second-order valence-electron chi connectivity index (χ2n) is 9.18. The minimum Gasteiger partial charge on any atom is -0.495 e. The van der Waals surface area contributed by atoms with Crippen molar-refractivity contribution < 1.29 is 32.3 Å². The Kier molecular flexibility index (Phi) is 7.28. The molecule has 1 aromatic carbocycles. The van der Waals surface area contributed by atoms with Crippen LogP contribution in [0.4, 0.5) is 0 Å². The Morgan fingerprint density at radius 1 is 1.03 bits per heavy atom. The quantitative estimate of drug-likeness (QED) is 0.424. The standard InChI is InChI=1S/C24H32N2O7S/c1-3-33-24(29)17-10-12-25(13-11-17)34(30,31)21-14-16(8-9-20(21)32-2)15-26-22(27)18-6-4-5-7-19(18)23(26)28/h8-9,14,17-19H,3-7,10-13,15H2,1-2H3/t18-,19-/m0/s1. The molecule has 1 saturated carbocycles. The second kappa shape index (κ2) is 10.0. The van der Waals surface area contributed by atoms with E-state index in [-0.39, 0.29) is 65.8 Å². The number of esters is 1. The number of likely N-dealkylation sites (tertiary alicyclic amines) is 1. The van der Waals surface area contributed by atoms with Crippen molar-refractivity contribution in [1.29, 1.82) is 0 Å². The number of ether oxygens (including phenoxy) is 2. The van der Waals surface area contributed by atoms with Crippen LogP contribution in [0.5, 0.6) is 5.75 Å². The lowest BCUT2D eigenvalue weighted by molar-refractivity contribution is -0.149. The van der Waals surface area contributed by atoms with E-state index in [2.05, 4.69) is 0 Å². The molecule has 1 aliphatic carbocycles. The number of nitrogens with zero attached hydrogens (tertiary/aromatic N) is 2. The summed E-state index contributed by atoms with van der Waals surface area (Å²) in [6, 6.07) is 4.74. The molecule has 10 heteroatoms. The van der Waals surface area contributed by atoms with Crippen LogP contribution in [0.1, 0.15) is 51.0 Å². The zero-order valence-electron chi connectivity index (χ0n) is 19.7. The maximum Gasteiger partial charge on any atom is 0.309 e. The summed E-state index contributed by atoms with van der Waals surface area (Å²) in [5.41, 5.74) is 0.557. The van der Waals surface area contributed by atoms with Crippen LogP contribution in [0.2, 0.25) is 0 Å². The Morgan fingerprint density at radius 2 is 1.65 bits per heavy atom. The molecule has 186 valence electrons. The second-order valence-corrected chi connectivity index (χ2v) is 11.1. The molecule has 0 bridgehead atoms. The first-order valence-corrected chi connectivity index (χ1v) is 13.4. The van der Waals surface area contributed by atoms with E-state index in [0.29, 0.717) is 25.0 Å². The topological polar surface area (TPSA) is 110 Å². The van der Waals surface area contributed by atoms with Crippen LogP contribution < -0.4 is 4.74 Å². The van der Waals surface area contributed by atoms with Crippen molar-refractivity contribution >= 4 is 27.8 Å². The Labute approximate surface area is 200 Å². The number of imide groups is 1. The van der Waals surface area contributed by atoms with Gasteiger partial charge in [0, 0.05) is 13.1 Å². The fraction of sp³-hybridized carbons (Fsp3) is 0.625. The largest absolute Gasteiger partial charge is 0.495 e. The predicted molar refractivity (Wildman–Crippen MR) is 122 cm³/mol. The van der Waals surface area contributed by atoms with Crippen molar-refractivity contribution in [3.63, 3.8) is 0 Å². The summed E-state index contributed by atoms with van der Waals surface area (Å²) in [5.74, 6) is -1.21. The van der Waals surface area contributed by atoms with Crippen LogP contribution >= 0.6 is 0 Å². The van der Waals surface area contributed by atoms with E-state index >= 15 is 0 Å². The Bertz CT molecular complexity index is 1040. The molecule has 0 unspecified atom stereocenters. The summed E-state index contributed by atoms with van der Waals surface area (Å²) >= 11 is 0. The highest BCUT2D eigenvalue weighted by atomic mass is 32.2. The van der Waals surface area contributed by atoms with Gasteiger partial charge in [0.25, 0.3) is 0 Å². The maximum absolute atomic E-state index is 13.5. The molecular weight excluding hydrogens is 460 g/mol. The van der Waals surface area contributed by atoms with Gasteiger partial charge in [-0.15, -0.1) is 0 Å². The molecule has 2 saturated heterocycles. The Morgan fingerprint density at radius 3 is 2.21 bits per heavy atom. The van der Waals surface area contributed by atoms with E-state index in [1.807, 2.05) is 0 Å². The minimum atomic E-state index is -3.90. The van der Waals surface area contributed by atoms with Crippen LogP contribution in [0.3, 0.4) is 0 Å². The average molecular weight is 493 g/mol. The highest BCUT2D eigenvalue weighted by Crippen LogP contribution is 2.39. The van der Waals surface area contributed by atoms with Gasteiger partial charge in [0.15, 0.2) is 0 Å². The van der Waals surface area contributed by atoms with E-state index in [0.717, 1.165) is 25.7 Å². The van der Waals surface area contributed by atoms with Crippen molar-refractivity contribution in [1.82, 2.24) is 9.21 Å². The lowest BCUT2D eigenvalue weighted by Crippen LogP contribution is -2.40. The van der Waals surface area contributed by atoms with Crippen molar-refractivity contribution in [3.8, 4) is 5.75 Å². The number of carbonyl (C=O) groups is 3. The smallest absolute Gasteiger partial charge is 0.309 e. The van der Waals surface area contributed by atoms with E-state index in [9.17, 15) is 22.8 Å². The highest BCUT2D eigenvalue weighted by Gasteiger charge is 2.48. The highest BCUT2D eigenvalue weighted by molar-refractivity contribution is 7.89. The van der Waals surface area contributed by atoms with E-state index < -0.39 is 10.0 Å². The first-order chi connectivity index (χ1) is 16.3. The molecule has 9 nitrogen and oxygen atoms in total. The number of sulfonamides is 1. The lowest BCUT2D eigenvalue weighted by atomic mass is 9.81. The van der Waals surface area contributed by atoms with Crippen LogP contribution in [0, 0.1) is 17.8 Å². The zero-order chi connectivity index (χ0) is 24.5. The van der Waals surface area contributed by atoms with Gasteiger partial charge in [-0.25, -0.2) is 8.42 Å². The summed E-state index contributed by atoms with van der Waals surface area (Å²) in [6.45, 7) is 2.48. The van der Waals surface area contributed by atoms with Crippen LogP contribution in [-0.4, -0.2) is 62.2 Å². The molecule has 2 aliphatic heterocycles. The van der Waals surface area contributed by atoms with Gasteiger partial charge in [-0.1, -0.05) is 18.9 Å². The zero-order valence-corrected chi connectivity index (χ0v) is 20.5. The third-order valence-corrected chi connectivity index (χ3v) is 9.11. The molecule has 0 radical (unpaired) electrons. The molecule has 2 amide bonds. The van der Waals surface area contributed by atoms with Crippen LogP contribution in [0.15, 0.2) is 23.1 Å². The third-order valence-electron chi connectivity index (χ3n) is 7.19. The SMILES string of the molecule is CCOC(=O)C1CCN(S(=O)(=O)c2cc(CN3C(=O)[C@H]4CCCC[C@@H]4C3=O)ccc2OC)CC1. The summed E-state index contributed by atoms with van der Waals surface area (Å²) in [7, 11) is -2.50. The minimum absolute atomic E-state index is 0.00130. The fourth-order valence-corrected chi connectivity index (χ4v) is 7.00. The first kappa shape index (κ1) is 24.7. The van der Waals surface area contributed by atoms with Crippen molar-refractivity contribution in [3.05, 3.63) is 23.8 Å². The van der Waals surface area contributed by atoms with Crippen LogP contribution in [-0.2, 0) is 35.7 Å². The van der Waals surface area contributed by atoms with Crippen molar-refractivity contribution in [2.24, 2.45) is 17.8 Å². The van der Waals surface area contributed by atoms with Gasteiger partial charge in [-0.2, -0.15) is 4.31 Å². The van der Waals surface area contributed by atoms with Gasteiger partial charge in [0.05, 0.1) is 38.0 Å². The van der Waals surface area contributed by atoms with Gasteiger partial charge in [-0.3, -0.25) is 19.3 Å². The number of methoxy groups -OCH3 is 1. The number of piperidine rings is 1. The molecule has 3 fully saturated rings. The molecule has 0 spiro atoms. The number of benzene rings is 1. The summed E-state index contributed by atoms with van der Waals surface area (Å²) in [5, 5.41) is 0. The number of fused-ring (bicyclic) bond motifs is 1. The number of hydrogen-bond donors (Lipinski definition) is 0. The number of carbonyl (C=O) groups excluding carboxylic acids is 3. The first-order valence-electron chi connectivity index (χ1n) is 12.0. The van der Waals surface area contributed by atoms with E-state index in [1.54, 1.807) is 19.1 Å². The summed E-state index contributed by atoms with van der Waals surface area (Å²) in [6.07, 6.45) is 4.14. The number of rotatable bonds is 7. The van der Waals surface area contributed by atoms with Gasteiger partial charge >= 0.3 is 5.97 Å². The molecule has 2 atom stereocenters. The van der Waals surface area contributed by atoms with Gasteiger partial charge in [0.1, 0.15) is 10.6 Å². The van der Waals surface area contributed by atoms with E-state index in [1.165, 1.54) is 22.4 Å². The van der Waals surface area contributed by atoms with Gasteiger partial charge in [-0.05, 0) is 50.3 Å². The molecule has 1 aromatic rings. The normalized spacial score (nSPS) is 24.2. The third kappa shape index (κ3) is 4.57. The summed E-state index contributed by atoms with van der Waals surface area (Å²) < 4.78 is 38.7. The maximum atomic E-state index is 13.5. The number of amides is 2. The Hall–Kier alpha value is -2.46. The monoisotopic (exact) mass is 492 g/mol. The van der Waals surface area contributed by atoms with Crippen LogP contribution in [0.25, 0.3) is 0 Å². The molecule has 34 heavy (non-hydrogen) atoms. The van der Waals surface area contributed by atoms with Gasteiger partial charge < -0.3 is 9.47 Å². The molecule has 3 aliphatic rings. The van der Waals surface area contributed by atoms with Crippen molar-refractivity contribution in [2.45, 2.75) is 56.9 Å².